The lowest BCUT2D eigenvalue weighted by molar-refractivity contribution is -0.114. The van der Waals surface area contributed by atoms with Crippen LogP contribution in [0.3, 0.4) is 0 Å². The van der Waals surface area contributed by atoms with Crippen LogP contribution in [0, 0.1) is 19.3 Å². The highest BCUT2D eigenvalue weighted by Crippen LogP contribution is 2.31. The summed E-state index contributed by atoms with van der Waals surface area (Å²) in [5.74, 6) is 0.403. The van der Waals surface area contributed by atoms with Gasteiger partial charge >= 0.3 is 0 Å². The van der Waals surface area contributed by atoms with E-state index in [4.69, 9.17) is 14.9 Å². The predicted molar refractivity (Wildman–Crippen MR) is 129 cm³/mol. The maximum atomic E-state index is 12.8. The maximum absolute atomic E-state index is 12.8. The highest BCUT2D eigenvalue weighted by molar-refractivity contribution is 8.26. The molecule has 0 saturated carbocycles. The molecular formula is C23H24N6O3S. The summed E-state index contributed by atoms with van der Waals surface area (Å²) in [6.07, 6.45) is 1.74. The van der Waals surface area contributed by atoms with Crippen molar-refractivity contribution in [2.24, 2.45) is 10.1 Å². The fraction of sp³-hybridized carbons (Fsp3) is 0.304. The Morgan fingerprint density at radius 2 is 1.88 bits per heavy atom. The molecule has 2 aromatic rings. The van der Waals surface area contributed by atoms with Crippen molar-refractivity contribution in [1.29, 1.82) is 5.41 Å². The predicted octanol–water partition coefficient (Wildman–Crippen LogP) is 3.01. The van der Waals surface area contributed by atoms with Crippen molar-refractivity contribution in [2.75, 3.05) is 33.4 Å². The van der Waals surface area contributed by atoms with Gasteiger partial charge in [-0.05, 0) is 67.6 Å². The number of fused-ring (bicyclic) bond motifs is 1. The van der Waals surface area contributed by atoms with Crippen LogP contribution in [-0.2, 0) is 9.53 Å². The van der Waals surface area contributed by atoms with Gasteiger partial charge in [0.25, 0.3) is 5.91 Å². The Hall–Kier alpha value is -3.37. The second-order valence-corrected chi connectivity index (χ2v) is 8.80. The van der Waals surface area contributed by atoms with Crippen LogP contribution in [-0.4, -0.2) is 70.0 Å². The highest BCUT2D eigenvalue weighted by atomic mass is 32.2. The zero-order chi connectivity index (χ0) is 23.1. The van der Waals surface area contributed by atoms with E-state index in [-0.39, 0.29) is 11.4 Å². The lowest BCUT2D eigenvalue weighted by Crippen LogP contribution is -2.39. The van der Waals surface area contributed by atoms with E-state index in [1.165, 1.54) is 16.8 Å². The molecule has 0 atom stereocenters. The number of methoxy groups -OCH3 is 1. The molecule has 3 aliphatic rings. The Labute approximate surface area is 195 Å². The third-order valence-corrected chi connectivity index (χ3v) is 6.80. The Bertz CT molecular complexity index is 1220. The summed E-state index contributed by atoms with van der Waals surface area (Å²) in [5.41, 5.74) is 4.07. The first-order chi connectivity index (χ1) is 16.0. The maximum Gasteiger partial charge on any atom is 0.283 e. The lowest BCUT2D eigenvalue weighted by Gasteiger charge is -2.26. The molecule has 0 aliphatic carbocycles. The number of aliphatic imine (C=N–C) groups is 1. The Kier molecular flexibility index (Phi) is 5.55. The van der Waals surface area contributed by atoms with Gasteiger partial charge in [-0.15, -0.1) is 5.10 Å². The van der Waals surface area contributed by atoms with Crippen LogP contribution in [0.25, 0.3) is 11.8 Å². The Balaban J connectivity index is 1.46. The first-order valence-corrected chi connectivity index (χ1v) is 11.4. The van der Waals surface area contributed by atoms with Crippen LogP contribution in [0.5, 0.6) is 5.75 Å². The summed E-state index contributed by atoms with van der Waals surface area (Å²) in [6.45, 7) is 6.74. The van der Waals surface area contributed by atoms with Gasteiger partial charge in [0.05, 0.1) is 25.9 Å². The lowest BCUT2D eigenvalue weighted by atomic mass is 10.1. The normalized spacial score (nSPS) is 19.7. The van der Waals surface area contributed by atoms with Crippen molar-refractivity contribution in [2.45, 2.75) is 13.8 Å². The first kappa shape index (κ1) is 21.5. The monoisotopic (exact) mass is 464 g/mol. The standard InChI is InChI=1S/C23H24N6O3S/c1-14-12-16(15(2)28(14)17-4-6-18(31-3)7-5-17)13-19-20(24)29-22(25-21(19)30)33-23(26-29)27-8-10-32-11-9-27/h4-7,12-13,24H,8-11H2,1-3H3/b19-13+,24-20?. The number of carbonyl (C=O) groups excluding carboxylic acids is 1. The molecule has 1 aromatic carbocycles. The molecule has 4 heterocycles. The van der Waals surface area contributed by atoms with Gasteiger partial charge in [0.2, 0.25) is 5.17 Å². The number of carbonyl (C=O) groups is 1. The third kappa shape index (κ3) is 3.85. The van der Waals surface area contributed by atoms with Crippen molar-refractivity contribution >= 4 is 39.9 Å². The molecule has 1 saturated heterocycles. The smallest absolute Gasteiger partial charge is 0.283 e. The van der Waals surface area contributed by atoms with Crippen LogP contribution in [0.4, 0.5) is 0 Å². The number of morpholine rings is 1. The molecule has 33 heavy (non-hydrogen) atoms. The van der Waals surface area contributed by atoms with E-state index in [2.05, 4.69) is 19.6 Å². The number of hydrogen-bond acceptors (Lipinski definition) is 7. The average molecular weight is 465 g/mol. The van der Waals surface area contributed by atoms with Gasteiger partial charge in [-0.2, -0.15) is 10.0 Å². The molecule has 5 rings (SSSR count). The van der Waals surface area contributed by atoms with E-state index >= 15 is 0 Å². The van der Waals surface area contributed by atoms with E-state index in [1.54, 1.807) is 13.2 Å². The third-order valence-electron chi connectivity index (χ3n) is 5.83. The molecule has 1 aromatic heterocycles. The summed E-state index contributed by atoms with van der Waals surface area (Å²) < 4.78 is 12.8. The number of amidine groups is 3. The fourth-order valence-corrected chi connectivity index (χ4v) is 5.03. The van der Waals surface area contributed by atoms with Crippen molar-refractivity contribution < 1.29 is 14.3 Å². The molecule has 170 valence electrons. The van der Waals surface area contributed by atoms with E-state index in [0.717, 1.165) is 46.6 Å². The summed E-state index contributed by atoms with van der Waals surface area (Å²) in [6, 6.07) is 9.82. The molecule has 10 heteroatoms. The van der Waals surface area contributed by atoms with E-state index < -0.39 is 5.91 Å². The van der Waals surface area contributed by atoms with Crippen molar-refractivity contribution in [3.8, 4) is 11.4 Å². The number of rotatable bonds is 3. The van der Waals surface area contributed by atoms with Gasteiger partial charge in [0, 0.05) is 30.2 Å². The minimum absolute atomic E-state index is 0.0370. The summed E-state index contributed by atoms with van der Waals surface area (Å²) >= 11 is 1.32. The van der Waals surface area contributed by atoms with Crippen LogP contribution in [0.2, 0.25) is 0 Å². The van der Waals surface area contributed by atoms with E-state index in [0.29, 0.717) is 18.4 Å². The first-order valence-electron chi connectivity index (χ1n) is 10.6. The number of ether oxygens (including phenoxy) is 2. The van der Waals surface area contributed by atoms with Gasteiger partial charge in [0.1, 0.15) is 5.75 Å². The second-order valence-electron chi connectivity index (χ2n) is 7.86. The molecule has 3 aliphatic heterocycles. The number of hydrogen-bond donors (Lipinski definition) is 1. The number of aryl methyl sites for hydroxylation is 1. The van der Waals surface area contributed by atoms with Crippen molar-refractivity contribution in [1.82, 2.24) is 14.5 Å². The van der Waals surface area contributed by atoms with E-state index in [9.17, 15) is 4.79 Å². The molecule has 0 unspecified atom stereocenters. The summed E-state index contributed by atoms with van der Waals surface area (Å²) in [5, 5.41) is 15.9. The molecule has 0 bridgehead atoms. The molecule has 1 amide bonds. The Morgan fingerprint density at radius 3 is 2.58 bits per heavy atom. The minimum Gasteiger partial charge on any atom is -0.497 e. The molecule has 1 N–H and O–H groups in total. The SMILES string of the molecule is COc1ccc(-n2c(C)cc(/C=C3\C(=N)N4N=C(N5CCOCC5)SC4=NC3=O)c2C)cc1. The van der Waals surface area contributed by atoms with Crippen LogP contribution < -0.4 is 4.74 Å². The average Bonchev–Trinajstić information content (AvgIpc) is 3.38. The number of amides is 1. The fourth-order valence-electron chi connectivity index (χ4n) is 4.08. The van der Waals surface area contributed by atoms with Gasteiger partial charge in [-0.1, -0.05) is 0 Å². The van der Waals surface area contributed by atoms with E-state index in [1.807, 2.05) is 44.2 Å². The van der Waals surface area contributed by atoms with Gasteiger partial charge in [-0.3, -0.25) is 10.2 Å². The van der Waals surface area contributed by atoms with Crippen molar-refractivity contribution in [3.63, 3.8) is 0 Å². The number of nitrogens with zero attached hydrogens (tertiary/aromatic N) is 5. The Morgan fingerprint density at radius 1 is 1.15 bits per heavy atom. The number of benzene rings is 1. The highest BCUT2D eigenvalue weighted by Gasteiger charge is 2.37. The molecule has 1 fully saturated rings. The van der Waals surface area contributed by atoms with Gasteiger partial charge < -0.3 is 18.9 Å². The minimum atomic E-state index is -0.425. The zero-order valence-corrected chi connectivity index (χ0v) is 19.5. The number of hydrazone groups is 1. The number of thioether (sulfide) groups is 1. The second kappa shape index (κ2) is 8.53. The summed E-state index contributed by atoms with van der Waals surface area (Å²) in [4.78, 5) is 19.2. The molecule has 0 radical (unpaired) electrons. The molecular weight excluding hydrogens is 440 g/mol. The van der Waals surface area contributed by atoms with Gasteiger partial charge in [0.15, 0.2) is 11.0 Å². The van der Waals surface area contributed by atoms with Gasteiger partial charge in [-0.25, -0.2) is 0 Å². The number of aromatic nitrogens is 1. The van der Waals surface area contributed by atoms with Crippen molar-refractivity contribution in [3.05, 3.63) is 52.9 Å². The van der Waals surface area contributed by atoms with Crippen LogP contribution in [0.15, 0.2) is 46.0 Å². The quantitative estimate of drug-likeness (QED) is 0.702. The van der Waals surface area contributed by atoms with Crippen LogP contribution >= 0.6 is 11.8 Å². The van der Waals surface area contributed by atoms with Crippen LogP contribution in [0.1, 0.15) is 17.0 Å². The molecule has 0 spiro atoms. The summed E-state index contributed by atoms with van der Waals surface area (Å²) in [7, 11) is 1.64. The molecule has 9 nitrogen and oxygen atoms in total. The zero-order valence-electron chi connectivity index (χ0n) is 18.7. The largest absolute Gasteiger partial charge is 0.497 e. The number of nitrogens with one attached hydrogen (secondary N) is 1. The topological polar surface area (TPSA) is 95.5 Å².